The summed E-state index contributed by atoms with van der Waals surface area (Å²) in [7, 11) is 0. The van der Waals surface area contributed by atoms with E-state index in [4.69, 9.17) is 0 Å². The lowest BCUT2D eigenvalue weighted by molar-refractivity contribution is 0.0663. The molecule has 0 aliphatic heterocycles. The molecule has 1 aliphatic rings. The van der Waals surface area contributed by atoms with Gasteiger partial charge in [-0.2, -0.15) is 0 Å². The second-order valence-corrected chi connectivity index (χ2v) is 5.40. The molecule has 2 atom stereocenters. The van der Waals surface area contributed by atoms with Gasteiger partial charge in [-0.05, 0) is 31.9 Å². The summed E-state index contributed by atoms with van der Waals surface area (Å²) in [5.74, 6) is 0.123. The lowest BCUT2D eigenvalue weighted by Crippen LogP contribution is -2.36. The van der Waals surface area contributed by atoms with Crippen LogP contribution in [-0.2, 0) is 0 Å². The highest BCUT2D eigenvalue weighted by atomic mass is 16.3. The van der Waals surface area contributed by atoms with E-state index in [1.165, 1.54) is 0 Å². The average molecular weight is 276 g/mol. The maximum atomic E-state index is 12.3. The summed E-state index contributed by atoms with van der Waals surface area (Å²) in [6.07, 6.45) is 3.82. The van der Waals surface area contributed by atoms with E-state index in [-0.39, 0.29) is 17.9 Å². The predicted molar refractivity (Wildman–Crippen MR) is 80.9 cm³/mol. The topological polar surface area (TPSA) is 61.4 Å². The number of carbonyl (C=O) groups is 1. The lowest BCUT2D eigenvalue weighted by Gasteiger charge is -2.27. The molecule has 3 N–H and O–H groups in total. The molecule has 0 radical (unpaired) electrons. The van der Waals surface area contributed by atoms with Gasteiger partial charge >= 0.3 is 0 Å². The Morgan fingerprint density at radius 2 is 2.05 bits per heavy atom. The summed E-state index contributed by atoms with van der Waals surface area (Å²) in [5.41, 5.74) is 1.52. The minimum absolute atomic E-state index is 0.0701. The summed E-state index contributed by atoms with van der Waals surface area (Å²) in [4.78, 5) is 12.3. The third-order valence-electron chi connectivity index (χ3n) is 3.93. The van der Waals surface area contributed by atoms with Gasteiger partial charge in [0.1, 0.15) is 0 Å². The number of aliphatic hydroxyl groups excluding tert-OH is 1. The van der Waals surface area contributed by atoms with Gasteiger partial charge in [-0.1, -0.05) is 25.0 Å². The van der Waals surface area contributed by atoms with Crippen molar-refractivity contribution in [3.8, 4) is 0 Å². The molecule has 0 spiro atoms. The zero-order valence-corrected chi connectivity index (χ0v) is 12.1. The normalized spacial score (nSPS) is 22.3. The molecule has 4 nitrogen and oxygen atoms in total. The summed E-state index contributed by atoms with van der Waals surface area (Å²) in [5, 5.41) is 16.1. The van der Waals surface area contributed by atoms with Crippen LogP contribution in [0.4, 0.5) is 5.69 Å². The Labute approximate surface area is 120 Å². The molecule has 0 saturated heterocycles. The van der Waals surface area contributed by atoms with Gasteiger partial charge in [-0.25, -0.2) is 0 Å². The van der Waals surface area contributed by atoms with Crippen LogP contribution in [0.5, 0.6) is 0 Å². The van der Waals surface area contributed by atoms with Crippen LogP contribution in [0, 0.1) is 5.92 Å². The number of aliphatic hydroxyl groups is 1. The number of hydrogen-bond acceptors (Lipinski definition) is 3. The van der Waals surface area contributed by atoms with Crippen molar-refractivity contribution in [2.24, 2.45) is 5.92 Å². The lowest BCUT2D eigenvalue weighted by atomic mass is 9.86. The van der Waals surface area contributed by atoms with E-state index in [9.17, 15) is 9.90 Å². The minimum atomic E-state index is -0.270. The maximum Gasteiger partial charge on any atom is 0.253 e. The molecule has 1 aliphatic carbocycles. The first kappa shape index (κ1) is 14.9. The number of para-hydroxylation sites is 1. The molecule has 110 valence electrons. The van der Waals surface area contributed by atoms with Gasteiger partial charge in [0.15, 0.2) is 0 Å². The highest BCUT2D eigenvalue weighted by molar-refractivity contribution is 5.99. The van der Waals surface area contributed by atoms with Gasteiger partial charge < -0.3 is 15.7 Å². The smallest absolute Gasteiger partial charge is 0.253 e. The number of benzene rings is 1. The maximum absolute atomic E-state index is 12.3. The van der Waals surface area contributed by atoms with Gasteiger partial charge in [-0.3, -0.25) is 4.79 Å². The van der Waals surface area contributed by atoms with Crippen LogP contribution >= 0.6 is 0 Å². The monoisotopic (exact) mass is 276 g/mol. The van der Waals surface area contributed by atoms with E-state index in [2.05, 4.69) is 10.6 Å². The second-order valence-electron chi connectivity index (χ2n) is 5.40. The van der Waals surface area contributed by atoms with E-state index < -0.39 is 0 Å². The molecule has 4 heteroatoms. The third kappa shape index (κ3) is 3.73. The van der Waals surface area contributed by atoms with E-state index in [1.54, 1.807) is 0 Å². The Hall–Kier alpha value is -1.55. The van der Waals surface area contributed by atoms with E-state index in [0.717, 1.165) is 37.9 Å². The van der Waals surface area contributed by atoms with Crippen LogP contribution in [0.15, 0.2) is 24.3 Å². The van der Waals surface area contributed by atoms with Crippen molar-refractivity contribution in [3.63, 3.8) is 0 Å². The number of anilines is 1. The second kappa shape index (κ2) is 7.29. The molecular weight excluding hydrogens is 252 g/mol. The van der Waals surface area contributed by atoms with Crippen molar-refractivity contribution in [1.29, 1.82) is 0 Å². The molecule has 1 fully saturated rings. The predicted octanol–water partition coefficient (Wildman–Crippen LogP) is 2.40. The first-order valence-corrected chi connectivity index (χ1v) is 7.51. The van der Waals surface area contributed by atoms with Crippen LogP contribution in [0.3, 0.4) is 0 Å². The molecule has 1 amide bonds. The van der Waals surface area contributed by atoms with Crippen LogP contribution < -0.4 is 10.6 Å². The summed E-state index contributed by atoms with van der Waals surface area (Å²) in [6, 6.07) is 7.52. The Kier molecular flexibility index (Phi) is 5.41. The van der Waals surface area contributed by atoms with E-state index in [0.29, 0.717) is 12.1 Å². The van der Waals surface area contributed by atoms with Crippen molar-refractivity contribution >= 4 is 11.6 Å². The first-order valence-electron chi connectivity index (χ1n) is 7.51. The summed E-state index contributed by atoms with van der Waals surface area (Å²) < 4.78 is 0. The standard InChI is InChI=1S/C16H24N2O2/c1-2-17-14-9-5-4-8-13(14)16(20)18-11-12-7-3-6-10-15(12)19/h4-5,8-9,12,15,17,19H,2-3,6-7,10-11H2,1H3,(H,18,20). The Bertz CT molecular complexity index is 448. The fourth-order valence-electron chi connectivity index (χ4n) is 2.77. The zero-order chi connectivity index (χ0) is 14.4. The van der Waals surface area contributed by atoms with E-state index >= 15 is 0 Å². The summed E-state index contributed by atoms with van der Waals surface area (Å²) >= 11 is 0. The van der Waals surface area contributed by atoms with Crippen molar-refractivity contribution in [3.05, 3.63) is 29.8 Å². The molecule has 1 aromatic carbocycles. The van der Waals surface area contributed by atoms with Gasteiger partial charge in [0.2, 0.25) is 0 Å². The number of hydrogen-bond donors (Lipinski definition) is 3. The molecule has 1 saturated carbocycles. The minimum Gasteiger partial charge on any atom is -0.393 e. The van der Waals surface area contributed by atoms with Crippen LogP contribution in [-0.4, -0.2) is 30.2 Å². The van der Waals surface area contributed by atoms with Crippen LogP contribution in [0.1, 0.15) is 43.0 Å². The fraction of sp³-hybridized carbons (Fsp3) is 0.562. The molecule has 2 unspecified atom stereocenters. The quantitative estimate of drug-likeness (QED) is 0.774. The van der Waals surface area contributed by atoms with Crippen molar-refractivity contribution in [1.82, 2.24) is 5.32 Å². The van der Waals surface area contributed by atoms with Gasteiger partial charge in [-0.15, -0.1) is 0 Å². The molecule has 1 aromatic rings. The van der Waals surface area contributed by atoms with Gasteiger partial charge in [0.05, 0.1) is 11.7 Å². The van der Waals surface area contributed by atoms with Gasteiger partial charge in [0.25, 0.3) is 5.91 Å². The van der Waals surface area contributed by atoms with Crippen molar-refractivity contribution in [2.75, 3.05) is 18.4 Å². The SMILES string of the molecule is CCNc1ccccc1C(=O)NCC1CCCCC1O. The Balaban J connectivity index is 1.94. The zero-order valence-electron chi connectivity index (χ0n) is 12.1. The van der Waals surface area contributed by atoms with Crippen molar-refractivity contribution < 1.29 is 9.90 Å². The van der Waals surface area contributed by atoms with Crippen LogP contribution in [0.2, 0.25) is 0 Å². The third-order valence-corrected chi connectivity index (χ3v) is 3.93. The highest BCUT2D eigenvalue weighted by Gasteiger charge is 2.23. The van der Waals surface area contributed by atoms with Crippen molar-refractivity contribution in [2.45, 2.75) is 38.7 Å². The number of rotatable bonds is 5. The Morgan fingerprint density at radius 1 is 1.30 bits per heavy atom. The van der Waals surface area contributed by atoms with Gasteiger partial charge in [0, 0.05) is 24.7 Å². The molecule has 0 bridgehead atoms. The molecule has 2 rings (SSSR count). The largest absolute Gasteiger partial charge is 0.393 e. The number of nitrogens with one attached hydrogen (secondary N) is 2. The number of amides is 1. The highest BCUT2D eigenvalue weighted by Crippen LogP contribution is 2.24. The Morgan fingerprint density at radius 3 is 2.80 bits per heavy atom. The molecule has 0 aromatic heterocycles. The molecular formula is C16H24N2O2. The average Bonchev–Trinajstić information content (AvgIpc) is 2.47. The molecule has 0 heterocycles. The first-order chi connectivity index (χ1) is 9.72. The van der Waals surface area contributed by atoms with E-state index in [1.807, 2.05) is 31.2 Å². The van der Waals surface area contributed by atoms with Crippen LogP contribution in [0.25, 0.3) is 0 Å². The fourth-order valence-corrected chi connectivity index (χ4v) is 2.77. The number of carbonyl (C=O) groups excluding carboxylic acids is 1. The summed E-state index contributed by atoms with van der Waals surface area (Å²) in [6.45, 7) is 3.35. The molecule has 20 heavy (non-hydrogen) atoms.